The number of hydrogen-bond acceptors (Lipinski definition) is 3. The van der Waals surface area contributed by atoms with E-state index in [2.05, 4.69) is 9.47 Å². The monoisotopic (exact) mass is 356 g/mol. The summed E-state index contributed by atoms with van der Waals surface area (Å²) in [6.07, 6.45) is 2.01. The number of nitrogens with zero attached hydrogens (tertiary/aromatic N) is 2. The third-order valence-electron chi connectivity index (χ3n) is 4.24. The quantitative estimate of drug-likeness (QED) is 0.624. The van der Waals surface area contributed by atoms with Gasteiger partial charge in [-0.25, -0.2) is 0 Å². The Morgan fingerprint density at radius 1 is 1.12 bits per heavy atom. The minimum Gasteiger partial charge on any atom is -0.496 e. The molecular formula is C20H21ClN2O2. The molecule has 0 aliphatic heterocycles. The van der Waals surface area contributed by atoms with E-state index < -0.39 is 0 Å². The average molecular weight is 357 g/mol. The van der Waals surface area contributed by atoms with Crippen molar-refractivity contribution in [1.29, 1.82) is 0 Å². The van der Waals surface area contributed by atoms with Crippen molar-refractivity contribution in [2.24, 2.45) is 0 Å². The molecule has 25 heavy (non-hydrogen) atoms. The van der Waals surface area contributed by atoms with E-state index in [4.69, 9.17) is 16.3 Å². The second kappa shape index (κ2) is 7.30. The van der Waals surface area contributed by atoms with Gasteiger partial charge in [-0.3, -0.25) is 4.79 Å². The van der Waals surface area contributed by atoms with Crippen molar-refractivity contribution in [1.82, 2.24) is 9.47 Å². The molecule has 0 bridgehead atoms. The highest BCUT2D eigenvalue weighted by molar-refractivity contribution is 6.30. The zero-order valence-electron chi connectivity index (χ0n) is 14.6. The summed E-state index contributed by atoms with van der Waals surface area (Å²) in [6, 6.07) is 12.7. The number of carbonyl (C=O) groups is 1. The highest BCUT2D eigenvalue weighted by Crippen LogP contribution is 2.31. The van der Waals surface area contributed by atoms with E-state index in [1.165, 1.54) is 0 Å². The number of hydrogen-bond donors (Lipinski definition) is 0. The molecule has 0 N–H and O–H groups in total. The van der Waals surface area contributed by atoms with E-state index in [0.717, 1.165) is 29.7 Å². The first-order valence-corrected chi connectivity index (χ1v) is 8.50. The van der Waals surface area contributed by atoms with Crippen molar-refractivity contribution in [3.05, 3.63) is 64.8 Å². The van der Waals surface area contributed by atoms with Gasteiger partial charge in [-0.2, -0.15) is 0 Å². The summed E-state index contributed by atoms with van der Waals surface area (Å²) in [5.41, 5.74) is 2.19. The topological polar surface area (TPSA) is 34.5 Å². The van der Waals surface area contributed by atoms with E-state index in [1.807, 2.05) is 38.5 Å². The Kier molecular flexibility index (Phi) is 5.11. The van der Waals surface area contributed by atoms with Gasteiger partial charge in [0.2, 0.25) is 0 Å². The molecule has 0 atom stereocenters. The van der Waals surface area contributed by atoms with E-state index in [0.29, 0.717) is 16.1 Å². The maximum Gasteiger partial charge on any atom is 0.195 e. The van der Waals surface area contributed by atoms with Crippen LogP contribution in [0.1, 0.15) is 15.9 Å². The fourth-order valence-corrected chi connectivity index (χ4v) is 3.04. The fourth-order valence-electron chi connectivity index (χ4n) is 2.91. The number of ether oxygens (including phenoxy) is 1. The van der Waals surface area contributed by atoms with Crippen LogP contribution in [-0.2, 0) is 6.54 Å². The lowest BCUT2D eigenvalue weighted by Crippen LogP contribution is -2.18. The first-order valence-electron chi connectivity index (χ1n) is 8.12. The Balaban J connectivity index is 2.11. The van der Waals surface area contributed by atoms with Crippen LogP contribution in [0, 0.1) is 0 Å². The Labute approximate surface area is 152 Å². The molecule has 5 heteroatoms. The van der Waals surface area contributed by atoms with Crippen molar-refractivity contribution in [3.8, 4) is 5.75 Å². The van der Waals surface area contributed by atoms with Crippen molar-refractivity contribution in [3.63, 3.8) is 0 Å². The van der Waals surface area contributed by atoms with Crippen molar-refractivity contribution >= 4 is 28.3 Å². The lowest BCUT2D eigenvalue weighted by atomic mass is 10.0. The summed E-state index contributed by atoms with van der Waals surface area (Å²) >= 11 is 5.94. The number of benzene rings is 2. The van der Waals surface area contributed by atoms with Crippen molar-refractivity contribution in [2.45, 2.75) is 6.54 Å². The standard InChI is InChI=1S/C20H21ClN2O2/c1-22(2)12-13-23-11-10-16-18(25-3)9-8-17(19(16)23)20(24)14-4-6-15(21)7-5-14/h4-11H,12-13H2,1-3H3. The number of aromatic nitrogens is 1. The minimum absolute atomic E-state index is 0.0193. The van der Waals surface area contributed by atoms with Gasteiger partial charge < -0.3 is 14.2 Å². The molecule has 130 valence electrons. The largest absolute Gasteiger partial charge is 0.496 e. The van der Waals surface area contributed by atoms with Crippen LogP contribution in [-0.4, -0.2) is 43.0 Å². The van der Waals surface area contributed by atoms with Gasteiger partial charge in [-0.05, 0) is 56.6 Å². The summed E-state index contributed by atoms with van der Waals surface area (Å²) in [4.78, 5) is 15.2. The molecule has 0 radical (unpaired) electrons. The van der Waals surface area contributed by atoms with Gasteiger partial charge in [-0.15, -0.1) is 0 Å². The second-order valence-electron chi connectivity index (χ2n) is 6.23. The average Bonchev–Trinajstić information content (AvgIpc) is 3.03. The molecule has 1 heterocycles. The third-order valence-corrected chi connectivity index (χ3v) is 4.50. The Bertz CT molecular complexity index is 898. The smallest absolute Gasteiger partial charge is 0.195 e. The zero-order valence-corrected chi connectivity index (χ0v) is 15.4. The molecule has 2 aromatic carbocycles. The summed E-state index contributed by atoms with van der Waals surface area (Å²) in [6.45, 7) is 1.68. The van der Waals surface area contributed by atoms with Crippen LogP contribution in [0.15, 0.2) is 48.7 Å². The van der Waals surface area contributed by atoms with Gasteiger partial charge >= 0.3 is 0 Å². The number of halogens is 1. The van der Waals surface area contributed by atoms with Gasteiger partial charge in [0.15, 0.2) is 5.78 Å². The lowest BCUT2D eigenvalue weighted by Gasteiger charge is -2.14. The molecule has 0 amide bonds. The number of fused-ring (bicyclic) bond motifs is 1. The van der Waals surface area contributed by atoms with Gasteiger partial charge in [0, 0.05) is 40.8 Å². The second-order valence-corrected chi connectivity index (χ2v) is 6.66. The molecular weight excluding hydrogens is 336 g/mol. The highest BCUT2D eigenvalue weighted by atomic mass is 35.5. The Morgan fingerprint density at radius 2 is 1.84 bits per heavy atom. The van der Waals surface area contributed by atoms with Crippen LogP contribution in [0.2, 0.25) is 5.02 Å². The van der Waals surface area contributed by atoms with E-state index >= 15 is 0 Å². The lowest BCUT2D eigenvalue weighted by molar-refractivity contribution is 0.104. The molecule has 0 spiro atoms. The zero-order chi connectivity index (χ0) is 18.0. The third kappa shape index (κ3) is 3.55. The van der Waals surface area contributed by atoms with E-state index in [-0.39, 0.29) is 5.78 Å². The number of carbonyl (C=O) groups excluding carboxylic acids is 1. The molecule has 1 aromatic heterocycles. The van der Waals surface area contributed by atoms with Crippen LogP contribution in [0.5, 0.6) is 5.75 Å². The van der Waals surface area contributed by atoms with Crippen molar-refractivity contribution in [2.75, 3.05) is 27.7 Å². The fraction of sp³-hybridized carbons (Fsp3) is 0.250. The van der Waals surface area contributed by atoms with Crippen LogP contribution in [0.3, 0.4) is 0 Å². The molecule has 3 rings (SSSR count). The highest BCUT2D eigenvalue weighted by Gasteiger charge is 2.18. The number of ketones is 1. The first kappa shape index (κ1) is 17.5. The van der Waals surface area contributed by atoms with Crippen LogP contribution < -0.4 is 4.74 Å². The summed E-state index contributed by atoms with van der Waals surface area (Å²) in [5, 5.41) is 1.56. The first-order chi connectivity index (χ1) is 12.0. The normalized spacial score (nSPS) is 11.2. The molecule has 0 saturated heterocycles. The van der Waals surface area contributed by atoms with Crippen LogP contribution in [0.4, 0.5) is 0 Å². The molecule has 4 nitrogen and oxygen atoms in total. The SMILES string of the molecule is COc1ccc(C(=O)c2ccc(Cl)cc2)c2c1ccn2CCN(C)C. The molecule has 3 aromatic rings. The molecule has 0 fully saturated rings. The molecule has 0 saturated carbocycles. The maximum atomic E-state index is 13.1. The van der Waals surface area contributed by atoms with Crippen molar-refractivity contribution < 1.29 is 9.53 Å². The van der Waals surface area contributed by atoms with Crippen LogP contribution in [0.25, 0.3) is 10.9 Å². The van der Waals surface area contributed by atoms with Gasteiger partial charge in [0.05, 0.1) is 12.6 Å². The Hall–Kier alpha value is -2.30. The number of rotatable bonds is 6. The van der Waals surface area contributed by atoms with Gasteiger partial charge in [0.25, 0.3) is 0 Å². The summed E-state index contributed by atoms with van der Waals surface area (Å²) in [5.74, 6) is 0.750. The molecule has 0 aliphatic rings. The Morgan fingerprint density at radius 3 is 2.48 bits per heavy atom. The predicted molar refractivity (Wildman–Crippen MR) is 102 cm³/mol. The number of methoxy groups -OCH3 is 1. The molecule has 0 aliphatic carbocycles. The van der Waals surface area contributed by atoms with Gasteiger partial charge in [-0.1, -0.05) is 11.6 Å². The van der Waals surface area contributed by atoms with E-state index in [9.17, 15) is 4.79 Å². The maximum absolute atomic E-state index is 13.1. The molecule has 0 unspecified atom stereocenters. The predicted octanol–water partition coefficient (Wildman–Crippen LogP) is 4.10. The van der Waals surface area contributed by atoms with Gasteiger partial charge in [0.1, 0.15) is 5.75 Å². The minimum atomic E-state index is -0.0193. The number of likely N-dealkylation sites (N-methyl/N-ethyl adjacent to an activating group) is 1. The van der Waals surface area contributed by atoms with Crippen LogP contribution >= 0.6 is 11.6 Å². The summed E-state index contributed by atoms with van der Waals surface area (Å²) in [7, 11) is 5.71. The summed E-state index contributed by atoms with van der Waals surface area (Å²) < 4.78 is 7.58. The van der Waals surface area contributed by atoms with E-state index in [1.54, 1.807) is 31.4 Å².